The molecule has 3 rings (SSSR count). The molecule has 0 bridgehead atoms. The number of aromatic nitrogens is 2. The lowest BCUT2D eigenvalue weighted by Gasteiger charge is -2.20. The number of fused-ring (bicyclic) bond motifs is 1. The Labute approximate surface area is 113 Å². The normalized spacial score (nSPS) is 26.2. The minimum Gasteiger partial charge on any atom is -0.368 e. The summed E-state index contributed by atoms with van der Waals surface area (Å²) >= 11 is 0. The predicted octanol–water partition coefficient (Wildman–Crippen LogP) is 1.78. The van der Waals surface area contributed by atoms with Gasteiger partial charge in [-0.1, -0.05) is 0 Å². The van der Waals surface area contributed by atoms with Gasteiger partial charge in [-0.05, 0) is 39.0 Å². The lowest BCUT2D eigenvalue weighted by Crippen LogP contribution is -2.30. The number of anilines is 1. The van der Waals surface area contributed by atoms with E-state index in [1.54, 1.807) is 0 Å². The van der Waals surface area contributed by atoms with Crippen LogP contribution in [0.1, 0.15) is 36.3 Å². The second-order valence-corrected chi connectivity index (χ2v) is 5.57. The van der Waals surface area contributed by atoms with Gasteiger partial charge in [-0.25, -0.2) is 14.4 Å². The molecule has 0 unspecified atom stereocenters. The molecule has 1 aliphatic heterocycles. The molecule has 2 heterocycles. The fourth-order valence-corrected chi connectivity index (χ4v) is 3.01. The van der Waals surface area contributed by atoms with E-state index in [0.29, 0.717) is 13.0 Å². The van der Waals surface area contributed by atoms with Crippen LogP contribution in [0.25, 0.3) is 0 Å². The summed E-state index contributed by atoms with van der Waals surface area (Å²) in [6.45, 7) is 3.15. The van der Waals surface area contributed by atoms with E-state index in [-0.39, 0.29) is 6.04 Å². The van der Waals surface area contributed by atoms with E-state index in [9.17, 15) is 4.39 Å². The number of hydrogen-bond donors (Lipinski definition) is 2. The molecular weight excluding hydrogens is 243 g/mol. The number of nitrogens with one attached hydrogen (secondary N) is 2. The van der Waals surface area contributed by atoms with Crippen LogP contribution in [0, 0.1) is 6.92 Å². The fourth-order valence-electron chi connectivity index (χ4n) is 3.01. The van der Waals surface area contributed by atoms with Crippen molar-refractivity contribution in [1.82, 2.24) is 15.3 Å². The maximum Gasteiger partial charge on any atom is 0.133 e. The summed E-state index contributed by atoms with van der Waals surface area (Å²) < 4.78 is 13.1. The van der Waals surface area contributed by atoms with Crippen LogP contribution in [0.15, 0.2) is 0 Å². The van der Waals surface area contributed by atoms with E-state index < -0.39 is 6.17 Å². The Morgan fingerprint density at radius 3 is 2.95 bits per heavy atom. The Morgan fingerprint density at radius 2 is 2.16 bits per heavy atom. The molecule has 2 N–H and O–H groups in total. The molecule has 2 aliphatic rings. The maximum absolute atomic E-state index is 13.1. The van der Waals surface area contributed by atoms with Crippen molar-refractivity contribution >= 4 is 5.82 Å². The minimum atomic E-state index is -0.701. The Bertz CT molecular complexity index is 463. The van der Waals surface area contributed by atoms with Gasteiger partial charge in [-0.3, -0.25) is 0 Å². The summed E-state index contributed by atoms with van der Waals surface area (Å²) in [4.78, 5) is 9.06. The van der Waals surface area contributed by atoms with Crippen molar-refractivity contribution in [1.29, 1.82) is 0 Å². The minimum absolute atomic E-state index is 0.213. The maximum atomic E-state index is 13.1. The van der Waals surface area contributed by atoms with Gasteiger partial charge in [0.2, 0.25) is 0 Å². The van der Waals surface area contributed by atoms with E-state index in [1.165, 1.54) is 24.1 Å². The standard InChI is InChI=1S/C14H21FN4/c1-9-18-13-5-3-2-4-12(13)14(19-9)17-8-11-6-10(15)7-16-11/h10-11,16H,2-8H2,1H3,(H,17,18,19)/t10-,11-/m0/s1. The monoisotopic (exact) mass is 264 g/mol. The first kappa shape index (κ1) is 12.8. The predicted molar refractivity (Wildman–Crippen MR) is 73.2 cm³/mol. The molecular formula is C14H21FN4. The molecule has 2 atom stereocenters. The first-order valence-corrected chi connectivity index (χ1v) is 7.20. The zero-order valence-electron chi connectivity index (χ0n) is 11.4. The Balaban J connectivity index is 1.71. The summed E-state index contributed by atoms with van der Waals surface area (Å²) in [5, 5.41) is 6.59. The SMILES string of the molecule is Cc1nc2c(c(NC[C@@H]3C[C@H](F)CN3)n1)CCCC2. The molecule has 19 heavy (non-hydrogen) atoms. The molecule has 4 nitrogen and oxygen atoms in total. The number of alkyl halides is 1. The molecule has 1 fully saturated rings. The quantitative estimate of drug-likeness (QED) is 0.873. The highest BCUT2D eigenvalue weighted by atomic mass is 19.1. The van der Waals surface area contributed by atoms with Crippen LogP contribution in [-0.4, -0.2) is 35.3 Å². The van der Waals surface area contributed by atoms with E-state index in [0.717, 1.165) is 31.0 Å². The van der Waals surface area contributed by atoms with Crippen molar-refractivity contribution in [2.45, 2.75) is 51.2 Å². The number of nitrogens with zero attached hydrogens (tertiary/aromatic N) is 2. The summed E-state index contributed by atoms with van der Waals surface area (Å²) in [5.41, 5.74) is 2.47. The summed E-state index contributed by atoms with van der Waals surface area (Å²) in [5.74, 6) is 1.79. The average Bonchev–Trinajstić information content (AvgIpc) is 2.81. The van der Waals surface area contributed by atoms with E-state index in [1.807, 2.05) is 6.92 Å². The van der Waals surface area contributed by atoms with Gasteiger partial charge in [0.05, 0.1) is 0 Å². The van der Waals surface area contributed by atoms with E-state index in [4.69, 9.17) is 0 Å². The lowest BCUT2D eigenvalue weighted by molar-refractivity contribution is 0.356. The van der Waals surface area contributed by atoms with Crippen LogP contribution in [0.2, 0.25) is 0 Å². The molecule has 0 aromatic carbocycles. The third-order valence-corrected chi connectivity index (χ3v) is 3.98. The molecule has 5 heteroatoms. The van der Waals surface area contributed by atoms with Crippen LogP contribution in [-0.2, 0) is 12.8 Å². The largest absolute Gasteiger partial charge is 0.368 e. The van der Waals surface area contributed by atoms with Gasteiger partial charge in [0.15, 0.2) is 0 Å². The third-order valence-electron chi connectivity index (χ3n) is 3.98. The Morgan fingerprint density at radius 1 is 1.32 bits per heavy atom. The van der Waals surface area contributed by atoms with E-state index >= 15 is 0 Å². The molecule has 1 aromatic rings. The number of hydrogen-bond acceptors (Lipinski definition) is 4. The van der Waals surface area contributed by atoms with Crippen LogP contribution in [0.4, 0.5) is 10.2 Å². The average molecular weight is 264 g/mol. The fraction of sp³-hybridized carbons (Fsp3) is 0.714. The number of aryl methyl sites for hydroxylation is 2. The first-order valence-electron chi connectivity index (χ1n) is 7.20. The van der Waals surface area contributed by atoms with Gasteiger partial charge in [0, 0.05) is 30.4 Å². The van der Waals surface area contributed by atoms with Gasteiger partial charge in [-0.15, -0.1) is 0 Å². The topological polar surface area (TPSA) is 49.8 Å². The molecule has 0 radical (unpaired) electrons. The highest BCUT2D eigenvalue weighted by Gasteiger charge is 2.24. The summed E-state index contributed by atoms with van der Waals surface area (Å²) in [6.07, 6.45) is 4.44. The van der Waals surface area contributed by atoms with Gasteiger partial charge in [-0.2, -0.15) is 0 Å². The summed E-state index contributed by atoms with van der Waals surface area (Å²) in [6, 6.07) is 0.213. The zero-order chi connectivity index (χ0) is 13.2. The third kappa shape index (κ3) is 2.86. The molecule has 1 aliphatic carbocycles. The highest BCUT2D eigenvalue weighted by Crippen LogP contribution is 2.25. The smallest absolute Gasteiger partial charge is 0.133 e. The van der Waals surface area contributed by atoms with Crippen LogP contribution >= 0.6 is 0 Å². The van der Waals surface area contributed by atoms with Crippen LogP contribution in [0.3, 0.4) is 0 Å². The van der Waals surface area contributed by atoms with Crippen LogP contribution in [0.5, 0.6) is 0 Å². The van der Waals surface area contributed by atoms with Gasteiger partial charge in [0.1, 0.15) is 17.8 Å². The van der Waals surface area contributed by atoms with Crippen molar-refractivity contribution in [3.05, 3.63) is 17.1 Å². The van der Waals surface area contributed by atoms with Crippen molar-refractivity contribution in [2.24, 2.45) is 0 Å². The molecule has 1 saturated heterocycles. The Kier molecular flexibility index (Phi) is 3.64. The van der Waals surface area contributed by atoms with Crippen molar-refractivity contribution in [3.8, 4) is 0 Å². The Hall–Kier alpha value is -1.23. The lowest BCUT2D eigenvalue weighted by atomic mass is 9.96. The second-order valence-electron chi connectivity index (χ2n) is 5.57. The molecule has 1 aromatic heterocycles. The molecule has 0 spiro atoms. The molecule has 104 valence electrons. The van der Waals surface area contributed by atoms with E-state index in [2.05, 4.69) is 20.6 Å². The first-order chi connectivity index (χ1) is 9.22. The van der Waals surface area contributed by atoms with Crippen LogP contribution < -0.4 is 10.6 Å². The van der Waals surface area contributed by atoms with Gasteiger partial charge in [0.25, 0.3) is 0 Å². The summed E-state index contributed by atoms with van der Waals surface area (Å²) in [7, 11) is 0. The van der Waals surface area contributed by atoms with Gasteiger partial charge < -0.3 is 10.6 Å². The van der Waals surface area contributed by atoms with Gasteiger partial charge >= 0.3 is 0 Å². The zero-order valence-corrected chi connectivity index (χ0v) is 11.4. The second kappa shape index (κ2) is 5.41. The van der Waals surface area contributed by atoms with Crippen molar-refractivity contribution in [2.75, 3.05) is 18.4 Å². The number of rotatable bonds is 3. The van der Waals surface area contributed by atoms with Crippen molar-refractivity contribution < 1.29 is 4.39 Å². The molecule has 0 saturated carbocycles. The van der Waals surface area contributed by atoms with Crippen molar-refractivity contribution in [3.63, 3.8) is 0 Å². The number of halogens is 1. The molecule has 0 amide bonds. The highest BCUT2D eigenvalue weighted by molar-refractivity contribution is 5.48.